The minimum absolute atomic E-state index is 0.0420. The van der Waals surface area contributed by atoms with Crippen LogP contribution in [-0.2, 0) is 11.3 Å². The number of carbonyl (C=O) groups excluding carboxylic acids is 1. The van der Waals surface area contributed by atoms with Gasteiger partial charge in [0.1, 0.15) is 4.70 Å². The number of nitrogens with one attached hydrogen (secondary N) is 1. The van der Waals surface area contributed by atoms with Crippen molar-refractivity contribution in [1.29, 1.82) is 0 Å². The van der Waals surface area contributed by atoms with Crippen molar-refractivity contribution >= 4 is 56.5 Å². The van der Waals surface area contributed by atoms with E-state index in [1.165, 1.54) is 23.1 Å². The predicted octanol–water partition coefficient (Wildman–Crippen LogP) is 4.25. The highest BCUT2D eigenvalue weighted by Gasteiger charge is 2.13. The predicted molar refractivity (Wildman–Crippen MR) is 105 cm³/mol. The maximum Gasteiger partial charge on any atom is 0.272 e. The largest absolute Gasteiger partial charge is 0.325 e. The molecule has 130 valence electrons. The minimum atomic E-state index is -0.171. The van der Waals surface area contributed by atoms with Crippen molar-refractivity contribution in [2.24, 2.45) is 0 Å². The van der Waals surface area contributed by atoms with Crippen molar-refractivity contribution in [3.8, 4) is 0 Å². The molecule has 1 amide bonds. The summed E-state index contributed by atoms with van der Waals surface area (Å²) in [5.41, 5.74) is 1.28. The van der Waals surface area contributed by atoms with Crippen LogP contribution >= 0.6 is 34.7 Å². The van der Waals surface area contributed by atoms with Crippen molar-refractivity contribution in [1.82, 2.24) is 9.55 Å². The van der Waals surface area contributed by atoms with E-state index in [1.807, 2.05) is 18.4 Å². The molecule has 3 rings (SSSR count). The number of nitrogens with zero attached hydrogens (tertiary/aromatic N) is 2. The maximum atomic E-state index is 12.6. The third-order valence-corrected chi connectivity index (χ3v) is 5.52. The molecule has 3 aromatic rings. The summed E-state index contributed by atoms with van der Waals surface area (Å²) < 4.78 is 2.30. The Bertz CT molecular complexity index is 968. The fourth-order valence-electron chi connectivity index (χ4n) is 2.35. The highest BCUT2D eigenvalue weighted by Crippen LogP contribution is 2.22. The standard InChI is InChI=1S/C17H16ClN3O2S2/c1-2-7-21-16(23)15-13(6-8-24-15)20-17(21)25-10-14(22)19-12-5-3-4-11(18)9-12/h3-6,8-9H,2,7,10H2,1H3,(H,19,22). The van der Waals surface area contributed by atoms with Crippen LogP contribution in [0.3, 0.4) is 0 Å². The SMILES string of the molecule is CCCn1c(SCC(=O)Nc2cccc(Cl)c2)nc2ccsc2c1=O. The lowest BCUT2D eigenvalue weighted by Crippen LogP contribution is -2.23. The van der Waals surface area contributed by atoms with Gasteiger partial charge in [-0.15, -0.1) is 11.3 Å². The van der Waals surface area contributed by atoms with Crippen LogP contribution in [0.1, 0.15) is 13.3 Å². The number of fused-ring (bicyclic) bond motifs is 1. The van der Waals surface area contributed by atoms with Gasteiger partial charge in [-0.3, -0.25) is 14.2 Å². The third kappa shape index (κ3) is 4.23. The molecule has 0 aliphatic carbocycles. The van der Waals surface area contributed by atoms with E-state index >= 15 is 0 Å². The van der Waals surface area contributed by atoms with E-state index in [9.17, 15) is 9.59 Å². The van der Waals surface area contributed by atoms with Gasteiger partial charge in [0.2, 0.25) is 5.91 Å². The molecule has 0 radical (unpaired) electrons. The Morgan fingerprint density at radius 1 is 1.40 bits per heavy atom. The molecule has 0 unspecified atom stereocenters. The molecule has 1 aromatic carbocycles. The number of benzene rings is 1. The Morgan fingerprint density at radius 3 is 3.00 bits per heavy atom. The molecule has 0 aliphatic heterocycles. The Morgan fingerprint density at radius 2 is 2.24 bits per heavy atom. The summed E-state index contributed by atoms with van der Waals surface area (Å²) >= 11 is 8.57. The van der Waals surface area contributed by atoms with E-state index in [4.69, 9.17) is 11.6 Å². The van der Waals surface area contributed by atoms with E-state index in [0.717, 1.165) is 6.42 Å². The van der Waals surface area contributed by atoms with Crippen molar-refractivity contribution in [2.75, 3.05) is 11.1 Å². The lowest BCUT2D eigenvalue weighted by Gasteiger charge is -2.11. The quantitative estimate of drug-likeness (QED) is 0.502. The van der Waals surface area contributed by atoms with E-state index in [0.29, 0.717) is 32.6 Å². The summed E-state index contributed by atoms with van der Waals surface area (Å²) in [4.78, 5) is 29.3. The van der Waals surface area contributed by atoms with Gasteiger partial charge in [-0.1, -0.05) is 36.4 Å². The monoisotopic (exact) mass is 393 g/mol. The smallest absolute Gasteiger partial charge is 0.272 e. The summed E-state index contributed by atoms with van der Waals surface area (Å²) in [5, 5.41) is 5.78. The topological polar surface area (TPSA) is 64.0 Å². The first-order chi connectivity index (χ1) is 12.1. The van der Waals surface area contributed by atoms with Gasteiger partial charge in [0.15, 0.2) is 5.16 Å². The van der Waals surface area contributed by atoms with Crippen molar-refractivity contribution in [3.05, 3.63) is 51.1 Å². The lowest BCUT2D eigenvalue weighted by atomic mass is 10.3. The second-order valence-corrected chi connectivity index (χ2v) is 7.63. The second-order valence-electron chi connectivity index (χ2n) is 5.33. The molecule has 0 atom stereocenters. The molecule has 0 saturated heterocycles. The number of anilines is 1. The van der Waals surface area contributed by atoms with Gasteiger partial charge < -0.3 is 5.32 Å². The lowest BCUT2D eigenvalue weighted by molar-refractivity contribution is -0.113. The first-order valence-corrected chi connectivity index (χ1v) is 9.99. The molecule has 0 bridgehead atoms. The van der Waals surface area contributed by atoms with Crippen molar-refractivity contribution in [3.63, 3.8) is 0 Å². The third-order valence-electron chi connectivity index (χ3n) is 3.42. The Hall–Kier alpha value is -1.83. The first-order valence-electron chi connectivity index (χ1n) is 7.74. The number of halogens is 1. The van der Waals surface area contributed by atoms with Crippen LogP contribution in [0.4, 0.5) is 5.69 Å². The van der Waals surface area contributed by atoms with Crippen LogP contribution < -0.4 is 10.9 Å². The Labute approximate surface area is 158 Å². The van der Waals surface area contributed by atoms with Crippen LogP contribution in [0, 0.1) is 0 Å². The number of amides is 1. The molecule has 0 saturated carbocycles. The van der Waals surface area contributed by atoms with Crippen molar-refractivity contribution < 1.29 is 4.79 Å². The number of thioether (sulfide) groups is 1. The zero-order valence-corrected chi connectivity index (χ0v) is 15.9. The molecule has 2 aromatic heterocycles. The molecular formula is C17H16ClN3O2S2. The van der Waals surface area contributed by atoms with Gasteiger partial charge in [-0.05, 0) is 36.1 Å². The maximum absolute atomic E-state index is 12.6. The average molecular weight is 394 g/mol. The molecule has 0 spiro atoms. The number of aromatic nitrogens is 2. The second kappa shape index (κ2) is 8.03. The van der Waals surface area contributed by atoms with E-state index < -0.39 is 0 Å². The first kappa shape index (κ1) is 18.0. The van der Waals surface area contributed by atoms with Gasteiger partial charge in [0.25, 0.3) is 5.56 Å². The Balaban J connectivity index is 1.77. The molecule has 2 heterocycles. The highest BCUT2D eigenvalue weighted by molar-refractivity contribution is 7.99. The van der Waals surface area contributed by atoms with Crippen LogP contribution in [0.25, 0.3) is 10.2 Å². The summed E-state index contributed by atoms with van der Waals surface area (Å²) in [6.07, 6.45) is 0.820. The van der Waals surface area contributed by atoms with Crippen LogP contribution in [0.2, 0.25) is 5.02 Å². The molecule has 0 fully saturated rings. The molecule has 25 heavy (non-hydrogen) atoms. The van der Waals surface area contributed by atoms with E-state index in [2.05, 4.69) is 10.3 Å². The van der Waals surface area contributed by atoms with Crippen LogP contribution in [-0.4, -0.2) is 21.2 Å². The molecule has 0 aliphatic rings. The zero-order chi connectivity index (χ0) is 17.8. The molecule has 5 nitrogen and oxygen atoms in total. The number of rotatable bonds is 6. The Kier molecular flexibility index (Phi) is 5.78. The van der Waals surface area contributed by atoms with Gasteiger partial charge in [0.05, 0.1) is 11.3 Å². The van der Waals surface area contributed by atoms with Crippen LogP contribution in [0.5, 0.6) is 0 Å². The van der Waals surface area contributed by atoms with Gasteiger partial charge in [0, 0.05) is 17.3 Å². The van der Waals surface area contributed by atoms with Gasteiger partial charge in [-0.25, -0.2) is 4.98 Å². The highest BCUT2D eigenvalue weighted by atomic mass is 35.5. The summed E-state index contributed by atoms with van der Waals surface area (Å²) in [5.74, 6) is -0.00632. The fraction of sp³-hybridized carbons (Fsp3) is 0.235. The molecule has 1 N–H and O–H groups in total. The van der Waals surface area contributed by atoms with Crippen molar-refractivity contribution in [2.45, 2.75) is 25.0 Å². The number of thiophene rings is 1. The fourth-order valence-corrected chi connectivity index (χ4v) is 4.14. The van der Waals surface area contributed by atoms with Crippen LogP contribution in [0.15, 0.2) is 45.7 Å². The van der Waals surface area contributed by atoms with E-state index in [1.54, 1.807) is 28.8 Å². The number of carbonyl (C=O) groups is 1. The van der Waals surface area contributed by atoms with Gasteiger partial charge >= 0.3 is 0 Å². The van der Waals surface area contributed by atoms with E-state index in [-0.39, 0.29) is 17.2 Å². The summed E-state index contributed by atoms with van der Waals surface area (Å²) in [6, 6.07) is 8.81. The average Bonchev–Trinajstić information content (AvgIpc) is 3.05. The molecule has 8 heteroatoms. The number of hydrogen-bond donors (Lipinski definition) is 1. The number of hydrogen-bond acceptors (Lipinski definition) is 5. The van der Waals surface area contributed by atoms with Gasteiger partial charge in [-0.2, -0.15) is 0 Å². The summed E-state index contributed by atoms with van der Waals surface area (Å²) in [7, 11) is 0. The minimum Gasteiger partial charge on any atom is -0.325 e. The normalized spacial score (nSPS) is 11.0. The summed E-state index contributed by atoms with van der Waals surface area (Å²) in [6.45, 7) is 2.59. The zero-order valence-electron chi connectivity index (χ0n) is 13.5. The molecular weight excluding hydrogens is 378 g/mol.